The van der Waals surface area contributed by atoms with Crippen LogP contribution in [0.4, 0.5) is 4.79 Å². The van der Waals surface area contributed by atoms with Crippen molar-refractivity contribution in [2.45, 2.75) is 26.4 Å². The number of fused-ring (bicyclic) bond motifs is 1. The molecule has 1 atom stereocenters. The molecule has 6 heteroatoms. The fourth-order valence-electron chi connectivity index (χ4n) is 3.24. The Labute approximate surface area is 159 Å². The summed E-state index contributed by atoms with van der Waals surface area (Å²) < 4.78 is 11.0. The van der Waals surface area contributed by atoms with Gasteiger partial charge in [0.05, 0.1) is 6.61 Å². The highest BCUT2D eigenvalue weighted by molar-refractivity contribution is 5.84. The molecule has 1 aliphatic heterocycles. The lowest BCUT2D eigenvalue weighted by Crippen LogP contribution is -2.53. The number of hydrogen-bond donors (Lipinski definition) is 0. The zero-order valence-electron chi connectivity index (χ0n) is 15.9. The summed E-state index contributed by atoms with van der Waals surface area (Å²) in [6.45, 7) is 6.04. The molecule has 0 spiro atoms. The molecule has 3 rings (SSSR count). The van der Waals surface area contributed by atoms with Gasteiger partial charge >= 0.3 is 6.09 Å². The molecular weight excluding hydrogens is 344 g/mol. The normalized spacial score (nSPS) is 15.5. The van der Waals surface area contributed by atoms with E-state index in [-0.39, 0.29) is 12.0 Å². The third-order valence-corrected chi connectivity index (χ3v) is 4.76. The van der Waals surface area contributed by atoms with Crippen LogP contribution in [0.25, 0.3) is 10.8 Å². The van der Waals surface area contributed by atoms with E-state index in [1.807, 2.05) is 49.4 Å². The number of carbonyl (C=O) groups excluding carboxylic acids is 2. The first-order chi connectivity index (χ1) is 13.1. The zero-order valence-corrected chi connectivity index (χ0v) is 15.9. The van der Waals surface area contributed by atoms with Crippen molar-refractivity contribution >= 4 is 22.8 Å². The molecule has 6 nitrogen and oxygen atoms in total. The maximum atomic E-state index is 12.9. The van der Waals surface area contributed by atoms with Gasteiger partial charge in [0.25, 0.3) is 5.91 Å². The monoisotopic (exact) mass is 370 g/mol. The summed E-state index contributed by atoms with van der Waals surface area (Å²) in [5, 5.41) is 2.22. The van der Waals surface area contributed by atoms with Crippen LogP contribution in [0, 0.1) is 0 Å². The molecule has 2 amide bonds. The van der Waals surface area contributed by atoms with Gasteiger partial charge in [-0.2, -0.15) is 0 Å². The van der Waals surface area contributed by atoms with Crippen molar-refractivity contribution in [1.29, 1.82) is 0 Å². The Kier molecular flexibility index (Phi) is 6.16. The van der Waals surface area contributed by atoms with Crippen LogP contribution in [0.2, 0.25) is 0 Å². The van der Waals surface area contributed by atoms with Crippen LogP contribution >= 0.6 is 0 Å². The molecule has 27 heavy (non-hydrogen) atoms. The molecule has 2 aromatic carbocycles. The third-order valence-electron chi connectivity index (χ3n) is 4.76. The van der Waals surface area contributed by atoms with Crippen molar-refractivity contribution in [3.8, 4) is 5.75 Å². The Hall–Kier alpha value is -2.76. The SMILES string of the molecule is CCOC(=O)N1CCN(C(=O)[C@H](CC)Oc2ccc3ccccc3c2)CC1. The summed E-state index contributed by atoms with van der Waals surface area (Å²) in [7, 11) is 0. The lowest BCUT2D eigenvalue weighted by Gasteiger charge is -2.35. The average Bonchev–Trinajstić information content (AvgIpc) is 2.71. The topological polar surface area (TPSA) is 59.1 Å². The van der Waals surface area contributed by atoms with E-state index in [1.165, 1.54) is 0 Å². The second-order valence-corrected chi connectivity index (χ2v) is 6.53. The Morgan fingerprint density at radius 2 is 1.63 bits per heavy atom. The van der Waals surface area contributed by atoms with Crippen LogP contribution in [-0.2, 0) is 9.53 Å². The predicted octanol–water partition coefficient (Wildman–Crippen LogP) is 3.30. The van der Waals surface area contributed by atoms with E-state index >= 15 is 0 Å². The molecule has 1 fully saturated rings. The van der Waals surface area contributed by atoms with Crippen LogP contribution in [0.5, 0.6) is 5.75 Å². The standard InChI is InChI=1S/C21H26N2O4/c1-3-19(27-18-10-9-16-7-5-6-8-17(16)15-18)20(24)22-11-13-23(14-12-22)21(25)26-4-2/h5-10,15,19H,3-4,11-14H2,1-2H3/t19-/m0/s1. The maximum Gasteiger partial charge on any atom is 0.409 e. The van der Waals surface area contributed by atoms with E-state index in [2.05, 4.69) is 0 Å². The molecule has 0 unspecified atom stereocenters. The van der Waals surface area contributed by atoms with Gasteiger partial charge in [-0.15, -0.1) is 0 Å². The van der Waals surface area contributed by atoms with E-state index in [0.717, 1.165) is 10.8 Å². The quantitative estimate of drug-likeness (QED) is 0.810. The van der Waals surface area contributed by atoms with Crippen LogP contribution in [-0.4, -0.2) is 60.7 Å². The summed E-state index contributed by atoms with van der Waals surface area (Å²) in [4.78, 5) is 28.1. The van der Waals surface area contributed by atoms with Gasteiger partial charge in [-0.05, 0) is 36.2 Å². The Morgan fingerprint density at radius 3 is 2.30 bits per heavy atom. The van der Waals surface area contributed by atoms with Crippen molar-refractivity contribution in [3.63, 3.8) is 0 Å². The average molecular weight is 370 g/mol. The number of nitrogens with zero attached hydrogens (tertiary/aromatic N) is 2. The number of rotatable bonds is 5. The molecule has 0 aliphatic carbocycles. The summed E-state index contributed by atoms with van der Waals surface area (Å²) in [6.07, 6.45) is -0.256. The van der Waals surface area contributed by atoms with Crippen LogP contribution < -0.4 is 4.74 Å². The molecule has 1 saturated heterocycles. The van der Waals surface area contributed by atoms with Gasteiger partial charge in [0.1, 0.15) is 5.75 Å². The highest BCUT2D eigenvalue weighted by Crippen LogP contribution is 2.22. The fourth-order valence-corrected chi connectivity index (χ4v) is 3.24. The first-order valence-corrected chi connectivity index (χ1v) is 9.48. The summed E-state index contributed by atoms with van der Waals surface area (Å²) in [5.41, 5.74) is 0. The molecule has 2 aromatic rings. The van der Waals surface area contributed by atoms with Crippen molar-refractivity contribution in [1.82, 2.24) is 9.80 Å². The largest absolute Gasteiger partial charge is 0.481 e. The minimum atomic E-state index is -0.527. The smallest absolute Gasteiger partial charge is 0.409 e. The minimum absolute atomic E-state index is 0.0332. The number of hydrogen-bond acceptors (Lipinski definition) is 4. The molecule has 144 valence electrons. The van der Waals surface area contributed by atoms with Crippen LogP contribution in [0.15, 0.2) is 42.5 Å². The van der Waals surface area contributed by atoms with E-state index in [9.17, 15) is 9.59 Å². The van der Waals surface area contributed by atoms with Crippen LogP contribution in [0.3, 0.4) is 0 Å². The van der Waals surface area contributed by atoms with E-state index < -0.39 is 6.10 Å². The third kappa shape index (κ3) is 4.51. The minimum Gasteiger partial charge on any atom is -0.481 e. The lowest BCUT2D eigenvalue weighted by molar-refractivity contribution is -0.140. The zero-order chi connectivity index (χ0) is 19.2. The lowest BCUT2D eigenvalue weighted by atomic mass is 10.1. The number of benzene rings is 2. The van der Waals surface area contributed by atoms with E-state index in [1.54, 1.807) is 16.7 Å². The van der Waals surface area contributed by atoms with Crippen molar-refractivity contribution in [2.75, 3.05) is 32.8 Å². The first kappa shape index (κ1) is 19.0. The molecule has 1 heterocycles. The van der Waals surface area contributed by atoms with Crippen LogP contribution in [0.1, 0.15) is 20.3 Å². The number of amides is 2. The molecular formula is C21H26N2O4. The fraction of sp³-hybridized carbons (Fsp3) is 0.429. The van der Waals surface area contributed by atoms with Crippen molar-refractivity contribution in [2.24, 2.45) is 0 Å². The van der Waals surface area contributed by atoms with Gasteiger partial charge in [-0.25, -0.2) is 4.79 Å². The second kappa shape index (κ2) is 8.75. The molecule has 0 radical (unpaired) electrons. The highest BCUT2D eigenvalue weighted by atomic mass is 16.6. The number of ether oxygens (including phenoxy) is 2. The molecule has 1 aliphatic rings. The molecule has 0 aromatic heterocycles. The molecule has 0 saturated carbocycles. The first-order valence-electron chi connectivity index (χ1n) is 9.48. The second-order valence-electron chi connectivity index (χ2n) is 6.53. The number of carbonyl (C=O) groups is 2. The molecule has 0 N–H and O–H groups in total. The van der Waals surface area contributed by atoms with Crippen molar-refractivity contribution in [3.05, 3.63) is 42.5 Å². The van der Waals surface area contributed by atoms with Gasteiger partial charge in [0.2, 0.25) is 0 Å². The Balaban J connectivity index is 1.61. The maximum absolute atomic E-state index is 12.9. The summed E-state index contributed by atoms with van der Waals surface area (Å²) in [5.74, 6) is 0.660. The van der Waals surface area contributed by atoms with Crippen molar-refractivity contribution < 1.29 is 19.1 Å². The van der Waals surface area contributed by atoms with Gasteiger partial charge in [0, 0.05) is 26.2 Å². The van der Waals surface area contributed by atoms with Gasteiger partial charge < -0.3 is 19.3 Å². The van der Waals surface area contributed by atoms with E-state index in [4.69, 9.17) is 9.47 Å². The Morgan fingerprint density at radius 1 is 0.963 bits per heavy atom. The highest BCUT2D eigenvalue weighted by Gasteiger charge is 2.29. The number of piperazine rings is 1. The van der Waals surface area contributed by atoms with E-state index in [0.29, 0.717) is 45.0 Å². The summed E-state index contributed by atoms with van der Waals surface area (Å²) in [6, 6.07) is 13.9. The van der Waals surface area contributed by atoms with Gasteiger partial charge in [-0.3, -0.25) is 4.79 Å². The predicted molar refractivity (Wildman–Crippen MR) is 104 cm³/mol. The van der Waals surface area contributed by atoms with Gasteiger partial charge in [-0.1, -0.05) is 37.3 Å². The molecule has 0 bridgehead atoms. The Bertz CT molecular complexity index is 800. The van der Waals surface area contributed by atoms with Gasteiger partial charge in [0.15, 0.2) is 6.10 Å². The summed E-state index contributed by atoms with van der Waals surface area (Å²) >= 11 is 0.